The lowest BCUT2D eigenvalue weighted by Gasteiger charge is -2.31. The van der Waals surface area contributed by atoms with E-state index in [0.717, 1.165) is 11.8 Å². The van der Waals surface area contributed by atoms with Crippen LogP contribution in [0.1, 0.15) is 45.6 Å². The summed E-state index contributed by atoms with van der Waals surface area (Å²) < 4.78 is 38.1. The van der Waals surface area contributed by atoms with Crippen molar-refractivity contribution < 1.29 is 16.8 Å². The molecule has 0 saturated heterocycles. The van der Waals surface area contributed by atoms with Crippen LogP contribution in [0.3, 0.4) is 0 Å². The molecule has 0 aliphatic rings. The van der Waals surface area contributed by atoms with Crippen LogP contribution < -0.4 is 5.73 Å². The summed E-state index contributed by atoms with van der Waals surface area (Å²) in [6.07, 6.45) is -1.65. The fraction of sp³-hybridized carbons (Fsp3) is 0.562. The largest absolute Gasteiger partial charge is 0.386 e. The average Bonchev–Trinajstić information content (AvgIpc) is 2.50. The summed E-state index contributed by atoms with van der Waals surface area (Å²) in [6.45, 7) is 0.0632. The van der Waals surface area contributed by atoms with Gasteiger partial charge in [0.15, 0.2) is 0 Å². The average molecular weight is 283 g/mol. The topological polar surface area (TPSA) is 66.6 Å². The minimum absolute atomic E-state index is 0.607. The van der Waals surface area contributed by atoms with Crippen LogP contribution in [0.4, 0.5) is 0 Å². The number of nitrogens with two attached hydrogens (primary N) is 1. The summed E-state index contributed by atoms with van der Waals surface area (Å²) in [5, 5.41) is 10.4. The number of rotatable bonds is 6. The lowest BCUT2D eigenvalue weighted by molar-refractivity contribution is -0.135. The minimum atomic E-state index is -2.67. The molecule has 1 aromatic rings. The molecule has 0 aliphatic carbocycles. The van der Waals surface area contributed by atoms with Gasteiger partial charge in [-0.05, 0) is 24.8 Å². The summed E-state index contributed by atoms with van der Waals surface area (Å²) in [5.41, 5.74) is 6.35. The number of benzene rings is 1. The third-order valence-corrected chi connectivity index (χ3v) is 3.26. The molecule has 0 saturated carbocycles. The fourth-order valence-electron chi connectivity index (χ4n) is 1.91. The van der Waals surface area contributed by atoms with Gasteiger partial charge in [-0.1, -0.05) is 44.1 Å². The van der Waals surface area contributed by atoms with Crippen LogP contribution in [-0.4, -0.2) is 35.0 Å². The lowest BCUT2D eigenvalue weighted by atomic mass is 10.00. The van der Waals surface area contributed by atoms with Crippen molar-refractivity contribution in [1.82, 2.24) is 4.90 Å². The smallest absolute Gasteiger partial charge is 0.239 e. The summed E-state index contributed by atoms with van der Waals surface area (Å²) in [6, 6.07) is 5.77. The number of aliphatic hydroxyl groups is 1. The molecule has 1 rings (SSSR count). The monoisotopic (exact) mass is 283 g/mol. The zero-order valence-electron chi connectivity index (χ0n) is 17.1. The van der Waals surface area contributed by atoms with Gasteiger partial charge in [-0.3, -0.25) is 4.79 Å². The van der Waals surface area contributed by atoms with Crippen molar-refractivity contribution in [3.05, 3.63) is 35.9 Å². The van der Waals surface area contributed by atoms with Crippen molar-refractivity contribution >= 4 is 5.91 Å². The van der Waals surface area contributed by atoms with Gasteiger partial charge in [0.05, 0.1) is 19.5 Å². The van der Waals surface area contributed by atoms with Gasteiger partial charge in [-0.2, -0.15) is 0 Å². The Morgan fingerprint density at radius 1 is 1.45 bits per heavy atom. The van der Waals surface area contributed by atoms with E-state index in [2.05, 4.69) is 0 Å². The van der Waals surface area contributed by atoms with Crippen molar-refractivity contribution in [2.24, 2.45) is 11.6 Å². The molecule has 0 fully saturated rings. The van der Waals surface area contributed by atoms with Gasteiger partial charge in [0.2, 0.25) is 5.91 Å². The summed E-state index contributed by atoms with van der Waals surface area (Å²) in [4.78, 5) is 13.7. The Morgan fingerprint density at radius 2 is 2.05 bits per heavy atom. The Labute approximate surface area is 128 Å². The first-order valence-corrected chi connectivity index (χ1v) is 6.50. The lowest BCUT2D eigenvalue weighted by Crippen LogP contribution is -2.47. The van der Waals surface area contributed by atoms with Crippen molar-refractivity contribution in [1.29, 1.82) is 0 Å². The Balaban J connectivity index is 2.93. The van der Waals surface area contributed by atoms with E-state index in [9.17, 15) is 9.90 Å². The molecule has 112 valence electrons. The summed E-state index contributed by atoms with van der Waals surface area (Å²) >= 11 is 0. The second-order valence-corrected chi connectivity index (χ2v) is 4.99. The van der Waals surface area contributed by atoms with Crippen molar-refractivity contribution in [3.8, 4) is 0 Å². The van der Waals surface area contributed by atoms with Crippen LogP contribution in [-0.2, 0) is 4.79 Å². The van der Waals surface area contributed by atoms with Gasteiger partial charge in [-0.15, -0.1) is 0 Å². The second-order valence-electron chi connectivity index (χ2n) is 4.99. The summed E-state index contributed by atoms with van der Waals surface area (Å²) in [7, 11) is 1.39. The van der Waals surface area contributed by atoms with Gasteiger partial charge in [0.1, 0.15) is 0 Å². The van der Waals surface area contributed by atoms with Crippen LogP contribution in [0.2, 0.25) is 0 Å². The van der Waals surface area contributed by atoms with Crippen LogP contribution >= 0.6 is 0 Å². The summed E-state index contributed by atoms with van der Waals surface area (Å²) in [5.74, 6) is -2.89. The number of carbonyl (C=O) groups is 1. The highest BCUT2D eigenvalue weighted by molar-refractivity contribution is 5.81. The van der Waals surface area contributed by atoms with Crippen molar-refractivity contribution in [3.63, 3.8) is 0 Å². The quantitative estimate of drug-likeness (QED) is 0.838. The number of aliphatic hydroxyl groups excluding tert-OH is 1. The first-order chi connectivity index (χ1) is 11.2. The number of likely N-dealkylation sites (N-methyl/N-ethyl adjacent to an activating group) is 1. The highest BCUT2D eigenvalue weighted by Crippen LogP contribution is 2.20. The molecule has 1 aromatic carbocycles. The van der Waals surface area contributed by atoms with Crippen LogP contribution in [0.25, 0.3) is 0 Å². The molecule has 1 unspecified atom stereocenters. The minimum Gasteiger partial charge on any atom is -0.386 e. The maximum Gasteiger partial charge on any atom is 0.239 e. The Kier molecular flexibility index (Phi) is 3.83. The molecule has 3 N–H and O–H groups in total. The fourth-order valence-corrected chi connectivity index (χ4v) is 1.91. The Hall–Kier alpha value is -1.39. The zero-order valence-corrected chi connectivity index (χ0v) is 12.1. The van der Waals surface area contributed by atoms with E-state index in [1.807, 2.05) is 0 Å². The molecular formula is C16H26N2O2. The number of amides is 1. The maximum atomic E-state index is 12.6. The first kappa shape index (κ1) is 10.4. The molecule has 0 aliphatic heterocycles. The molecule has 0 spiro atoms. The molecule has 4 heteroatoms. The van der Waals surface area contributed by atoms with Gasteiger partial charge < -0.3 is 15.7 Å². The molecule has 0 bridgehead atoms. The first-order valence-electron chi connectivity index (χ1n) is 9.00. The molecular weight excluding hydrogens is 252 g/mol. The van der Waals surface area contributed by atoms with Crippen LogP contribution in [0, 0.1) is 5.89 Å². The molecule has 20 heavy (non-hydrogen) atoms. The van der Waals surface area contributed by atoms with E-state index >= 15 is 0 Å². The van der Waals surface area contributed by atoms with Gasteiger partial charge >= 0.3 is 0 Å². The van der Waals surface area contributed by atoms with Gasteiger partial charge in [-0.25, -0.2) is 0 Å². The van der Waals surface area contributed by atoms with E-state index in [1.165, 1.54) is 7.05 Å². The third-order valence-electron chi connectivity index (χ3n) is 3.26. The van der Waals surface area contributed by atoms with E-state index in [1.54, 1.807) is 37.3 Å². The molecule has 4 atom stereocenters. The highest BCUT2D eigenvalue weighted by atomic mass is 16.3. The number of nitrogens with zero attached hydrogens (tertiary/aromatic N) is 1. The predicted octanol–water partition coefficient (Wildman–Crippen LogP) is 1.94. The zero-order chi connectivity index (χ0) is 19.6. The number of hydrogen-bond acceptors (Lipinski definition) is 3. The SMILES string of the molecule is [2H]C([2H])([2H])C([2H])(C)C[C@]([2H])(N)C(=O)N(C)[C@H](C)[C@H](O)c1ccccc1. The number of hydrogen-bond donors (Lipinski definition) is 2. The van der Waals surface area contributed by atoms with Gasteiger partial charge in [0, 0.05) is 12.5 Å². The standard InChI is InChI=1S/C16H26N2O2/c1-11(2)10-14(17)16(20)18(4)12(3)15(19)13-8-6-5-7-9-13/h5-9,11-12,14-15,19H,10,17H2,1-4H3/t12-,14+,15+/m1/s1/i1D3,11D,14D/t11?,12-,14+,15+. The number of carbonyl (C=O) groups excluding carboxylic acids is 1. The molecule has 0 aromatic heterocycles. The maximum absolute atomic E-state index is 12.6. The van der Waals surface area contributed by atoms with Gasteiger partial charge in [0.25, 0.3) is 0 Å². The highest BCUT2D eigenvalue weighted by Gasteiger charge is 2.27. The molecule has 0 heterocycles. The normalized spacial score (nSPS) is 24.6. The Bertz CT molecular complexity index is 590. The van der Waals surface area contributed by atoms with Crippen molar-refractivity contribution in [2.75, 3.05) is 7.05 Å². The van der Waals surface area contributed by atoms with Crippen LogP contribution in [0.5, 0.6) is 0 Å². The van der Waals surface area contributed by atoms with Crippen LogP contribution in [0.15, 0.2) is 30.3 Å². The Morgan fingerprint density at radius 3 is 2.60 bits per heavy atom. The van der Waals surface area contributed by atoms with Crippen molar-refractivity contribution in [2.45, 2.75) is 45.3 Å². The second kappa shape index (κ2) is 7.41. The van der Waals surface area contributed by atoms with E-state index in [0.29, 0.717) is 5.56 Å². The molecule has 4 nitrogen and oxygen atoms in total. The molecule has 1 amide bonds. The van der Waals surface area contributed by atoms with E-state index < -0.39 is 43.2 Å². The third kappa shape index (κ3) is 4.32. The molecule has 0 radical (unpaired) electrons. The van der Waals surface area contributed by atoms with E-state index in [-0.39, 0.29) is 0 Å². The van der Waals surface area contributed by atoms with E-state index in [4.69, 9.17) is 12.6 Å². The predicted molar refractivity (Wildman–Crippen MR) is 81.1 cm³/mol.